The molecule has 0 fully saturated rings. The number of nitrogens with one attached hydrogen (secondary N) is 1. The largest absolute Gasteiger partial charge is 0.573 e. The van der Waals surface area contributed by atoms with E-state index in [1.54, 1.807) is 0 Å². The Hall–Kier alpha value is -1.44. The minimum Gasteiger partial charge on any atom is -0.406 e. The van der Waals surface area contributed by atoms with Crippen molar-refractivity contribution in [1.29, 1.82) is 0 Å². The maximum absolute atomic E-state index is 11.9. The van der Waals surface area contributed by atoms with E-state index < -0.39 is 22.1 Å². The summed E-state index contributed by atoms with van der Waals surface area (Å²) in [4.78, 5) is 0. The lowest BCUT2D eigenvalue weighted by Gasteiger charge is -2.10. The summed E-state index contributed by atoms with van der Waals surface area (Å²) in [6.07, 6.45) is -3.91. The van der Waals surface area contributed by atoms with Gasteiger partial charge in [0.2, 0.25) is 10.0 Å². The zero-order chi connectivity index (χ0) is 12.4. The molecular formula is C8H8F3NO3S. The van der Waals surface area contributed by atoms with Gasteiger partial charge in [0.05, 0.1) is 11.9 Å². The van der Waals surface area contributed by atoms with Crippen molar-refractivity contribution in [1.82, 2.24) is 0 Å². The van der Waals surface area contributed by atoms with Crippen molar-refractivity contribution in [3.05, 3.63) is 24.3 Å². The molecule has 0 atom stereocenters. The maximum atomic E-state index is 11.9. The van der Waals surface area contributed by atoms with E-state index in [2.05, 4.69) is 4.74 Å². The van der Waals surface area contributed by atoms with Crippen molar-refractivity contribution in [3.8, 4) is 5.75 Å². The third-order valence-electron chi connectivity index (χ3n) is 1.37. The molecule has 0 aliphatic carbocycles. The molecule has 90 valence electrons. The Balaban J connectivity index is 2.88. The molecule has 0 unspecified atom stereocenters. The van der Waals surface area contributed by atoms with Crippen LogP contribution >= 0.6 is 0 Å². The van der Waals surface area contributed by atoms with E-state index in [-0.39, 0.29) is 5.69 Å². The van der Waals surface area contributed by atoms with E-state index in [0.717, 1.165) is 18.4 Å². The molecule has 1 N–H and O–H groups in total. The van der Waals surface area contributed by atoms with Gasteiger partial charge in [0, 0.05) is 6.07 Å². The third-order valence-corrected chi connectivity index (χ3v) is 1.98. The lowest BCUT2D eigenvalue weighted by atomic mass is 10.3. The van der Waals surface area contributed by atoms with Gasteiger partial charge in [-0.1, -0.05) is 6.07 Å². The van der Waals surface area contributed by atoms with Gasteiger partial charge in [-0.3, -0.25) is 4.72 Å². The predicted molar refractivity (Wildman–Crippen MR) is 51.6 cm³/mol. The van der Waals surface area contributed by atoms with Crippen LogP contribution in [-0.4, -0.2) is 21.0 Å². The summed E-state index contributed by atoms with van der Waals surface area (Å²) in [5, 5.41) is 0. The van der Waals surface area contributed by atoms with Gasteiger partial charge >= 0.3 is 6.36 Å². The average molecular weight is 255 g/mol. The number of ether oxygens (including phenoxy) is 1. The first kappa shape index (κ1) is 12.6. The van der Waals surface area contributed by atoms with E-state index in [1.165, 1.54) is 12.1 Å². The van der Waals surface area contributed by atoms with Crippen LogP contribution < -0.4 is 9.46 Å². The number of anilines is 1. The highest BCUT2D eigenvalue weighted by Gasteiger charge is 2.31. The Morgan fingerprint density at radius 1 is 1.31 bits per heavy atom. The monoisotopic (exact) mass is 255 g/mol. The van der Waals surface area contributed by atoms with E-state index in [4.69, 9.17) is 0 Å². The smallest absolute Gasteiger partial charge is 0.406 e. The van der Waals surface area contributed by atoms with Gasteiger partial charge in [-0.15, -0.1) is 13.2 Å². The normalized spacial score (nSPS) is 12.2. The summed E-state index contributed by atoms with van der Waals surface area (Å²) in [5.74, 6) is -0.485. The summed E-state index contributed by atoms with van der Waals surface area (Å²) in [7, 11) is -3.52. The summed E-state index contributed by atoms with van der Waals surface area (Å²) in [6.45, 7) is 0. The van der Waals surface area contributed by atoms with Crippen molar-refractivity contribution >= 4 is 15.7 Å². The first-order chi connectivity index (χ1) is 7.16. The van der Waals surface area contributed by atoms with Crippen LogP contribution in [-0.2, 0) is 10.0 Å². The summed E-state index contributed by atoms with van der Waals surface area (Å²) in [5.41, 5.74) is 0.00394. The zero-order valence-corrected chi connectivity index (χ0v) is 8.89. The highest BCUT2D eigenvalue weighted by Crippen LogP contribution is 2.25. The molecular weight excluding hydrogens is 247 g/mol. The first-order valence-corrected chi connectivity index (χ1v) is 5.88. The molecule has 0 heterocycles. The number of hydrogen-bond acceptors (Lipinski definition) is 3. The van der Waals surface area contributed by atoms with Crippen LogP contribution in [0.5, 0.6) is 5.75 Å². The minimum absolute atomic E-state index is 0.00394. The number of sulfonamides is 1. The molecule has 1 aromatic rings. The van der Waals surface area contributed by atoms with Gasteiger partial charge in [0.1, 0.15) is 5.75 Å². The molecule has 0 radical (unpaired) electrons. The van der Waals surface area contributed by atoms with Gasteiger partial charge in [-0.2, -0.15) is 0 Å². The van der Waals surface area contributed by atoms with Gasteiger partial charge in [-0.05, 0) is 12.1 Å². The Kier molecular flexibility index (Phi) is 3.32. The molecule has 8 heteroatoms. The van der Waals surface area contributed by atoms with Crippen molar-refractivity contribution < 1.29 is 26.3 Å². The van der Waals surface area contributed by atoms with Crippen molar-refractivity contribution in [3.63, 3.8) is 0 Å². The third kappa shape index (κ3) is 4.87. The summed E-state index contributed by atoms with van der Waals surface area (Å²) < 4.78 is 62.9. The number of alkyl halides is 3. The topological polar surface area (TPSA) is 55.4 Å². The maximum Gasteiger partial charge on any atom is 0.573 e. The standard InChI is InChI=1S/C8H8F3NO3S/c1-16(13,14)12-6-3-2-4-7(5-6)15-8(9,10)11/h2-5,12H,1H3. The number of benzene rings is 1. The molecule has 0 aliphatic rings. The van der Waals surface area contributed by atoms with Crippen molar-refractivity contribution in [2.45, 2.75) is 6.36 Å². The molecule has 0 amide bonds. The molecule has 0 spiro atoms. The fraction of sp³-hybridized carbons (Fsp3) is 0.250. The molecule has 0 saturated carbocycles. The summed E-state index contributed by atoms with van der Waals surface area (Å²) in [6, 6.07) is 4.56. The number of hydrogen-bond donors (Lipinski definition) is 1. The van der Waals surface area contributed by atoms with Gasteiger partial charge in [-0.25, -0.2) is 8.42 Å². The summed E-state index contributed by atoms with van der Waals surface area (Å²) >= 11 is 0. The van der Waals surface area contributed by atoms with E-state index >= 15 is 0 Å². The van der Waals surface area contributed by atoms with Crippen LogP contribution in [0.15, 0.2) is 24.3 Å². The van der Waals surface area contributed by atoms with Crippen molar-refractivity contribution in [2.24, 2.45) is 0 Å². The lowest BCUT2D eigenvalue weighted by Crippen LogP contribution is -2.17. The zero-order valence-electron chi connectivity index (χ0n) is 8.08. The van der Waals surface area contributed by atoms with E-state index in [0.29, 0.717) is 0 Å². The Labute approximate surface area is 90.1 Å². The molecule has 16 heavy (non-hydrogen) atoms. The van der Waals surface area contributed by atoms with Gasteiger partial charge in [0.25, 0.3) is 0 Å². The second kappa shape index (κ2) is 4.20. The second-order valence-corrected chi connectivity index (χ2v) is 4.70. The van der Waals surface area contributed by atoms with Crippen LogP contribution in [0.4, 0.5) is 18.9 Å². The fourth-order valence-electron chi connectivity index (χ4n) is 0.971. The predicted octanol–water partition coefficient (Wildman–Crippen LogP) is 1.96. The highest BCUT2D eigenvalue weighted by molar-refractivity contribution is 7.92. The Morgan fingerprint density at radius 3 is 2.44 bits per heavy atom. The molecule has 0 saturated heterocycles. The lowest BCUT2D eigenvalue weighted by molar-refractivity contribution is -0.274. The molecule has 1 aromatic carbocycles. The molecule has 0 aliphatic heterocycles. The Morgan fingerprint density at radius 2 is 1.94 bits per heavy atom. The SMILES string of the molecule is CS(=O)(=O)Nc1cccc(OC(F)(F)F)c1. The van der Waals surface area contributed by atoms with Crippen LogP contribution in [0.25, 0.3) is 0 Å². The fourth-order valence-corrected chi connectivity index (χ4v) is 1.53. The average Bonchev–Trinajstić information content (AvgIpc) is 1.96. The molecule has 0 aromatic heterocycles. The van der Waals surface area contributed by atoms with E-state index in [9.17, 15) is 21.6 Å². The second-order valence-electron chi connectivity index (χ2n) is 2.95. The quantitative estimate of drug-likeness (QED) is 0.898. The number of rotatable bonds is 3. The molecule has 0 bridgehead atoms. The van der Waals surface area contributed by atoms with E-state index in [1.807, 2.05) is 4.72 Å². The molecule has 1 rings (SSSR count). The van der Waals surface area contributed by atoms with Crippen LogP contribution in [0.1, 0.15) is 0 Å². The van der Waals surface area contributed by atoms with Crippen LogP contribution in [0.2, 0.25) is 0 Å². The van der Waals surface area contributed by atoms with Crippen LogP contribution in [0.3, 0.4) is 0 Å². The van der Waals surface area contributed by atoms with Crippen molar-refractivity contribution in [2.75, 3.05) is 11.0 Å². The van der Waals surface area contributed by atoms with Crippen LogP contribution in [0, 0.1) is 0 Å². The Bertz CT molecular complexity index is 470. The van der Waals surface area contributed by atoms with Gasteiger partial charge < -0.3 is 4.74 Å². The highest BCUT2D eigenvalue weighted by atomic mass is 32.2. The van der Waals surface area contributed by atoms with Gasteiger partial charge in [0.15, 0.2) is 0 Å². The number of halogens is 3. The molecule has 4 nitrogen and oxygen atoms in total. The minimum atomic E-state index is -4.80. The first-order valence-electron chi connectivity index (χ1n) is 3.99.